The first-order valence-electron chi connectivity index (χ1n) is 8.56. The average molecular weight is 306 g/mol. The molecule has 1 N–H and O–H groups in total. The van der Waals surface area contributed by atoms with E-state index in [9.17, 15) is 4.79 Å². The van der Waals surface area contributed by atoms with Gasteiger partial charge in [-0.1, -0.05) is 13.8 Å². The number of urea groups is 1. The van der Waals surface area contributed by atoms with Gasteiger partial charge in [-0.15, -0.1) is 0 Å². The largest absolute Gasteiger partial charge is 0.338 e. The number of likely N-dealkylation sites (tertiary alicyclic amines) is 1. The second kappa shape index (κ2) is 7.65. The molecule has 1 saturated heterocycles. The van der Waals surface area contributed by atoms with Gasteiger partial charge >= 0.3 is 6.03 Å². The van der Waals surface area contributed by atoms with Crippen LogP contribution in [-0.4, -0.2) is 39.8 Å². The number of hydrogen-bond acceptors (Lipinski definition) is 2. The fourth-order valence-corrected chi connectivity index (χ4v) is 3.28. The number of piperidine rings is 1. The van der Waals surface area contributed by atoms with Crippen LogP contribution in [0.3, 0.4) is 0 Å². The molecule has 0 radical (unpaired) electrons. The summed E-state index contributed by atoms with van der Waals surface area (Å²) in [5, 5.41) is 7.59. The zero-order valence-corrected chi connectivity index (χ0v) is 14.4. The molecule has 1 aromatic rings. The van der Waals surface area contributed by atoms with Crippen LogP contribution in [0.1, 0.15) is 50.9 Å². The van der Waals surface area contributed by atoms with Crippen LogP contribution in [0, 0.1) is 19.8 Å². The standard InChI is InChI=1S/C17H30N4O/c1-5-16-8-6-7-9-20(16)17(22)18-11-13(2)12-21-15(4)10-14(3)19-21/h10,13,16H,5-9,11-12H2,1-4H3,(H,18,22). The Hall–Kier alpha value is -1.52. The third-order valence-corrected chi connectivity index (χ3v) is 4.55. The first kappa shape index (κ1) is 16.8. The first-order valence-corrected chi connectivity index (χ1v) is 8.56. The molecule has 0 aromatic carbocycles. The van der Waals surface area contributed by atoms with Gasteiger partial charge < -0.3 is 10.2 Å². The third-order valence-electron chi connectivity index (χ3n) is 4.55. The van der Waals surface area contributed by atoms with Crippen LogP contribution in [0.2, 0.25) is 0 Å². The highest BCUT2D eigenvalue weighted by Gasteiger charge is 2.25. The summed E-state index contributed by atoms with van der Waals surface area (Å²) < 4.78 is 2.03. The molecule has 0 bridgehead atoms. The average Bonchev–Trinajstić information content (AvgIpc) is 2.82. The van der Waals surface area contributed by atoms with E-state index >= 15 is 0 Å². The van der Waals surface area contributed by atoms with Crippen molar-refractivity contribution in [1.29, 1.82) is 0 Å². The van der Waals surface area contributed by atoms with Crippen LogP contribution in [0.4, 0.5) is 4.79 Å². The lowest BCUT2D eigenvalue weighted by atomic mass is 10.0. The molecule has 22 heavy (non-hydrogen) atoms. The maximum absolute atomic E-state index is 12.4. The molecule has 0 saturated carbocycles. The van der Waals surface area contributed by atoms with E-state index in [-0.39, 0.29) is 6.03 Å². The van der Waals surface area contributed by atoms with Gasteiger partial charge in [0.15, 0.2) is 0 Å². The van der Waals surface area contributed by atoms with Gasteiger partial charge in [-0.05, 0) is 51.5 Å². The highest BCUT2D eigenvalue weighted by Crippen LogP contribution is 2.19. The van der Waals surface area contributed by atoms with E-state index in [4.69, 9.17) is 0 Å². The SMILES string of the molecule is CCC1CCCCN1C(=O)NCC(C)Cn1nc(C)cc1C. The lowest BCUT2D eigenvalue weighted by Gasteiger charge is -2.35. The molecule has 2 heterocycles. The van der Waals surface area contributed by atoms with E-state index in [1.807, 2.05) is 16.5 Å². The zero-order valence-electron chi connectivity index (χ0n) is 14.4. The minimum absolute atomic E-state index is 0.103. The lowest BCUT2D eigenvalue weighted by Crippen LogP contribution is -2.49. The molecule has 2 rings (SSSR count). The van der Waals surface area contributed by atoms with Crippen molar-refractivity contribution in [2.75, 3.05) is 13.1 Å². The van der Waals surface area contributed by atoms with Crippen LogP contribution in [0.5, 0.6) is 0 Å². The molecule has 2 atom stereocenters. The molecule has 5 nitrogen and oxygen atoms in total. The number of hydrogen-bond donors (Lipinski definition) is 1. The number of nitrogens with zero attached hydrogens (tertiary/aromatic N) is 3. The Kier molecular flexibility index (Phi) is 5.86. The normalized spacial score (nSPS) is 20.0. The highest BCUT2D eigenvalue weighted by atomic mass is 16.2. The van der Waals surface area contributed by atoms with Gasteiger partial charge in [-0.2, -0.15) is 5.10 Å². The monoisotopic (exact) mass is 306 g/mol. The van der Waals surface area contributed by atoms with Crippen molar-refractivity contribution in [3.8, 4) is 0 Å². The first-order chi connectivity index (χ1) is 10.5. The van der Waals surface area contributed by atoms with Crippen molar-refractivity contribution in [2.24, 2.45) is 5.92 Å². The number of rotatable bonds is 5. The Balaban J connectivity index is 1.81. The van der Waals surface area contributed by atoms with E-state index in [1.165, 1.54) is 12.1 Å². The fourth-order valence-electron chi connectivity index (χ4n) is 3.28. The molecule has 0 spiro atoms. The van der Waals surface area contributed by atoms with Gasteiger partial charge in [0.25, 0.3) is 0 Å². The molecule has 124 valence electrons. The molecular weight excluding hydrogens is 276 g/mol. The molecule has 2 unspecified atom stereocenters. The minimum atomic E-state index is 0.103. The summed E-state index contributed by atoms with van der Waals surface area (Å²) in [6, 6.07) is 2.61. The number of aromatic nitrogens is 2. The van der Waals surface area contributed by atoms with Gasteiger partial charge in [0.2, 0.25) is 0 Å². The summed E-state index contributed by atoms with van der Waals surface area (Å²) in [5.74, 6) is 0.367. The molecule has 1 aliphatic heterocycles. The Bertz CT molecular complexity index is 497. The summed E-state index contributed by atoms with van der Waals surface area (Å²) in [5.41, 5.74) is 2.23. The van der Waals surface area contributed by atoms with E-state index in [2.05, 4.69) is 37.3 Å². The fraction of sp³-hybridized carbons (Fsp3) is 0.765. The van der Waals surface area contributed by atoms with Crippen LogP contribution in [0.15, 0.2) is 6.07 Å². The Morgan fingerprint density at radius 2 is 2.23 bits per heavy atom. The molecule has 1 aromatic heterocycles. The molecule has 2 amide bonds. The number of carbonyl (C=O) groups excluding carboxylic acids is 1. The van der Waals surface area contributed by atoms with Crippen LogP contribution in [-0.2, 0) is 6.54 Å². The Morgan fingerprint density at radius 3 is 2.86 bits per heavy atom. The molecule has 1 aliphatic rings. The quantitative estimate of drug-likeness (QED) is 0.908. The summed E-state index contributed by atoms with van der Waals surface area (Å²) in [6.45, 7) is 10.9. The van der Waals surface area contributed by atoms with Gasteiger partial charge in [0, 0.05) is 31.4 Å². The van der Waals surface area contributed by atoms with Gasteiger partial charge in [-0.25, -0.2) is 4.79 Å². The van der Waals surface area contributed by atoms with Crippen LogP contribution < -0.4 is 5.32 Å². The van der Waals surface area contributed by atoms with Crippen LogP contribution >= 0.6 is 0 Å². The van der Waals surface area contributed by atoms with Crippen molar-refractivity contribution in [3.05, 3.63) is 17.5 Å². The predicted molar refractivity (Wildman–Crippen MR) is 88.9 cm³/mol. The second-order valence-electron chi connectivity index (χ2n) is 6.65. The van der Waals surface area contributed by atoms with Crippen molar-refractivity contribution < 1.29 is 4.79 Å². The number of nitrogens with one attached hydrogen (secondary N) is 1. The topological polar surface area (TPSA) is 50.2 Å². The van der Waals surface area contributed by atoms with Gasteiger partial charge in [0.05, 0.1) is 5.69 Å². The van der Waals surface area contributed by atoms with E-state index < -0.39 is 0 Å². The second-order valence-corrected chi connectivity index (χ2v) is 6.65. The number of carbonyl (C=O) groups is 1. The zero-order chi connectivity index (χ0) is 16.1. The summed E-state index contributed by atoms with van der Waals surface area (Å²) in [4.78, 5) is 14.4. The molecule has 0 aliphatic carbocycles. The van der Waals surface area contributed by atoms with Crippen molar-refractivity contribution in [2.45, 2.75) is 66.0 Å². The molecule has 5 heteroatoms. The van der Waals surface area contributed by atoms with E-state index in [0.29, 0.717) is 18.5 Å². The summed E-state index contributed by atoms with van der Waals surface area (Å²) >= 11 is 0. The third kappa shape index (κ3) is 4.24. The number of aryl methyl sites for hydroxylation is 2. The summed E-state index contributed by atoms with van der Waals surface area (Å²) in [6.07, 6.45) is 4.57. The lowest BCUT2D eigenvalue weighted by molar-refractivity contribution is 0.147. The Labute approximate surface area is 134 Å². The smallest absolute Gasteiger partial charge is 0.317 e. The van der Waals surface area contributed by atoms with Crippen LogP contribution in [0.25, 0.3) is 0 Å². The maximum Gasteiger partial charge on any atom is 0.317 e. The number of amides is 2. The minimum Gasteiger partial charge on any atom is -0.338 e. The molecule has 1 fully saturated rings. The summed E-state index contributed by atoms with van der Waals surface area (Å²) in [7, 11) is 0. The maximum atomic E-state index is 12.4. The van der Waals surface area contributed by atoms with Crippen molar-refractivity contribution >= 4 is 6.03 Å². The molecular formula is C17H30N4O. The van der Waals surface area contributed by atoms with Crippen molar-refractivity contribution in [3.63, 3.8) is 0 Å². The van der Waals surface area contributed by atoms with Gasteiger partial charge in [-0.3, -0.25) is 4.68 Å². The van der Waals surface area contributed by atoms with E-state index in [1.54, 1.807) is 0 Å². The van der Waals surface area contributed by atoms with Crippen molar-refractivity contribution in [1.82, 2.24) is 20.0 Å². The van der Waals surface area contributed by atoms with E-state index in [0.717, 1.165) is 38.0 Å². The predicted octanol–water partition coefficient (Wildman–Crippen LogP) is 3.11. The highest BCUT2D eigenvalue weighted by molar-refractivity contribution is 5.74. The van der Waals surface area contributed by atoms with Gasteiger partial charge in [0.1, 0.15) is 0 Å². The Morgan fingerprint density at radius 1 is 1.45 bits per heavy atom.